The van der Waals surface area contributed by atoms with Crippen LogP contribution in [-0.4, -0.2) is 34.2 Å². The molecule has 1 aliphatic rings. The van der Waals surface area contributed by atoms with Gasteiger partial charge < -0.3 is 9.88 Å². The van der Waals surface area contributed by atoms with Crippen LogP contribution in [0.4, 0.5) is 5.69 Å². The van der Waals surface area contributed by atoms with Crippen LogP contribution in [-0.2, 0) is 11.2 Å². The van der Waals surface area contributed by atoms with Crippen molar-refractivity contribution in [3.8, 4) is 0 Å². The summed E-state index contributed by atoms with van der Waals surface area (Å²) in [6.45, 7) is 2.26. The second-order valence-electron chi connectivity index (χ2n) is 6.81. The molecule has 0 saturated carbocycles. The van der Waals surface area contributed by atoms with Crippen LogP contribution in [0.5, 0.6) is 0 Å². The second kappa shape index (κ2) is 7.63. The summed E-state index contributed by atoms with van der Waals surface area (Å²) in [7, 11) is 0. The van der Waals surface area contributed by atoms with Crippen molar-refractivity contribution >= 4 is 28.7 Å². The summed E-state index contributed by atoms with van der Waals surface area (Å²) >= 11 is 0. The van der Waals surface area contributed by atoms with Crippen LogP contribution in [0.1, 0.15) is 29.8 Å². The normalized spacial score (nSPS) is 14.3. The van der Waals surface area contributed by atoms with E-state index in [0.29, 0.717) is 0 Å². The fourth-order valence-corrected chi connectivity index (χ4v) is 3.46. The molecule has 0 unspecified atom stereocenters. The van der Waals surface area contributed by atoms with Crippen molar-refractivity contribution in [2.24, 2.45) is 0 Å². The number of imidazole rings is 1. The number of hydrogen-bond donors (Lipinski definition) is 3. The number of aromatic amines is 1. The number of carbonyl (C=O) groups is 1. The fraction of sp³-hybridized carbons (Fsp3) is 0.238. The van der Waals surface area contributed by atoms with E-state index < -0.39 is 5.91 Å². The lowest BCUT2D eigenvalue weighted by atomic mass is 10.1. The zero-order valence-corrected chi connectivity index (χ0v) is 15.0. The Kier molecular flexibility index (Phi) is 4.89. The van der Waals surface area contributed by atoms with E-state index in [9.17, 15) is 4.79 Å². The fourth-order valence-electron chi connectivity index (χ4n) is 3.46. The molecule has 1 amide bonds. The van der Waals surface area contributed by atoms with Crippen LogP contribution in [0.25, 0.3) is 17.1 Å². The standard InChI is InChI=1S/C21H22N4O2/c26-21(24-27)10-7-15-3-5-16(6-4-15)13-20-22-18-9-8-17(14-19(18)23-20)25-11-1-2-12-25/h3-10,14,27H,1-2,11-13H2,(H,22,23)(H,24,26). The Morgan fingerprint density at radius 2 is 1.96 bits per heavy atom. The molecular weight excluding hydrogens is 340 g/mol. The average Bonchev–Trinajstić information content (AvgIpc) is 3.36. The highest BCUT2D eigenvalue weighted by molar-refractivity contribution is 5.90. The van der Waals surface area contributed by atoms with Gasteiger partial charge in [-0.05, 0) is 48.2 Å². The maximum atomic E-state index is 11.0. The first-order valence-corrected chi connectivity index (χ1v) is 9.16. The molecule has 1 fully saturated rings. The molecule has 138 valence electrons. The Labute approximate surface area is 157 Å². The highest BCUT2D eigenvalue weighted by Gasteiger charge is 2.13. The summed E-state index contributed by atoms with van der Waals surface area (Å²) in [5.74, 6) is 0.390. The molecule has 1 aromatic heterocycles. The van der Waals surface area contributed by atoms with Gasteiger partial charge in [-0.15, -0.1) is 0 Å². The van der Waals surface area contributed by atoms with Gasteiger partial charge in [-0.1, -0.05) is 24.3 Å². The Balaban J connectivity index is 1.48. The minimum absolute atomic E-state index is 0.547. The topological polar surface area (TPSA) is 81.2 Å². The Morgan fingerprint density at radius 1 is 1.19 bits per heavy atom. The summed E-state index contributed by atoms with van der Waals surface area (Å²) in [4.78, 5) is 21.6. The molecule has 2 heterocycles. The molecule has 27 heavy (non-hydrogen) atoms. The predicted octanol–water partition coefficient (Wildman–Crippen LogP) is 3.27. The van der Waals surface area contributed by atoms with Crippen LogP contribution in [0.3, 0.4) is 0 Å². The van der Waals surface area contributed by atoms with E-state index >= 15 is 0 Å². The Bertz CT molecular complexity index is 970. The van der Waals surface area contributed by atoms with E-state index in [0.717, 1.165) is 47.5 Å². The number of fused-ring (bicyclic) bond motifs is 1. The van der Waals surface area contributed by atoms with Crippen LogP contribution in [0.15, 0.2) is 48.5 Å². The number of H-pyrrole nitrogens is 1. The molecule has 0 spiro atoms. The summed E-state index contributed by atoms with van der Waals surface area (Å²) in [6, 6.07) is 14.3. The monoisotopic (exact) mass is 362 g/mol. The predicted molar refractivity (Wildman–Crippen MR) is 106 cm³/mol. The molecular formula is C21H22N4O2. The molecule has 1 aliphatic heterocycles. The zero-order valence-electron chi connectivity index (χ0n) is 15.0. The summed E-state index contributed by atoms with van der Waals surface area (Å²) in [5.41, 5.74) is 6.92. The largest absolute Gasteiger partial charge is 0.371 e. The lowest BCUT2D eigenvalue weighted by Gasteiger charge is -2.17. The van der Waals surface area contributed by atoms with Gasteiger partial charge in [0, 0.05) is 31.3 Å². The molecule has 0 atom stereocenters. The molecule has 3 aromatic rings. The van der Waals surface area contributed by atoms with Crippen molar-refractivity contribution < 1.29 is 10.0 Å². The summed E-state index contributed by atoms with van der Waals surface area (Å²) in [6.07, 6.45) is 6.18. The van der Waals surface area contributed by atoms with E-state index in [2.05, 4.69) is 28.1 Å². The molecule has 0 bridgehead atoms. The van der Waals surface area contributed by atoms with Gasteiger partial charge in [0.05, 0.1) is 11.0 Å². The summed E-state index contributed by atoms with van der Waals surface area (Å²) < 4.78 is 0. The SMILES string of the molecule is O=C(C=Cc1ccc(Cc2nc3ccc(N4CCCC4)cc3[nH]2)cc1)NO. The first-order chi connectivity index (χ1) is 13.2. The lowest BCUT2D eigenvalue weighted by molar-refractivity contribution is -0.124. The van der Waals surface area contributed by atoms with E-state index in [1.165, 1.54) is 24.6 Å². The van der Waals surface area contributed by atoms with E-state index in [1.807, 2.05) is 24.3 Å². The third-order valence-corrected chi connectivity index (χ3v) is 4.87. The Hall–Kier alpha value is -3.12. The molecule has 2 aromatic carbocycles. The molecule has 6 heteroatoms. The van der Waals surface area contributed by atoms with Gasteiger partial charge in [0.15, 0.2) is 0 Å². The number of amides is 1. The summed E-state index contributed by atoms with van der Waals surface area (Å²) in [5, 5.41) is 8.50. The quantitative estimate of drug-likeness (QED) is 0.370. The number of benzene rings is 2. The molecule has 0 radical (unpaired) electrons. The minimum Gasteiger partial charge on any atom is -0.371 e. The third kappa shape index (κ3) is 4.01. The van der Waals surface area contributed by atoms with Gasteiger partial charge in [0.25, 0.3) is 5.91 Å². The van der Waals surface area contributed by atoms with Crippen molar-refractivity contribution in [3.05, 3.63) is 65.5 Å². The van der Waals surface area contributed by atoms with E-state index in [4.69, 9.17) is 10.2 Å². The van der Waals surface area contributed by atoms with Crippen LogP contribution >= 0.6 is 0 Å². The van der Waals surface area contributed by atoms with Crippen molar-refractivity contribution in [3.63, 3.8) is 0 Å². The molecule has 3 N–H and O–H groups in total. The number of aromatic nitrogens is 2. The van der Waals surface area contributed by atoms with Crippen LogP contribution < -0.4 is 10.4 Å². The molecule has 4 rings (SSSR count). The number of hydrogen-bond acceptors (Lipinski definition) is 4. The van der Waals surface area contributed by atoms with E-state index in [1.54, 1.807) is 11.6 Å². The van der Waals surface area contributed by atoms with Gasteiger partial charge in [-0.2, -0.15) is 0 Å². The van der Waals surface area contributed by atoms with Gasteiger partial charge >= 0.3 is 0 Å². The molecule has 1 saturated heterocycles. The third-order valence-electron chi connectivity index (χ3n) is 4.87. The maximum absolute atomic E-state index is 11.0. The van der Waals surface area contributed by atoms with Gasteiger partial charge in [-0.25, -0.2) is 10.5 Å². The van der Waals surface area contributed by atoms with Crippen LogP contribution in [0.2, 0.25) is 0 Å². The minimum atomic E-state index is -0.547. The Morgan fingerprint density at radius 3 is 2.70 bits per heavy atom. The number of nitrogens with zero attached hydrogens (tertiary/aromatic N) is 2. The van der Waals surface area contributed by atoms with Gasteiger partial charge in [0.1, 0.15) is 5.82 Å². The first kappa shape index (κ1) is 17.3. The number of anilines is 1. The van der Waals surface area contributed by atoms with Crippen molar-refractivity contribution in [2.75, 3.05) is 18.0 Å². The lowest BCUT2D eigenvalue weighted by Crippen LogP contribution is -2.17. The maximum Gasteiger partial charge on any atom is 0.267 e. The number of carbonyl (C=O) groups excluding carboxylic acids is 1. The van der Waals surface area contributed by atoms with Crippen molar-refractivity contribution in [1.82, 2.24) is 15.4 Å². The van der Waals surface area contributed by atoms with Crippen molar-refractivity contribution in [2.45, 2.75) is 19.3 Å². The molecule has 6 nitrogen and oxygen atoms in total. The average molecular weight is 362 g/mol. The van der Waals surface area contributed by atoms with Gasteiger partial charge in [-0.3, -0.25) is 10.0 Å². The van der Waals surface area contributed by atoms with Crippen LogP contribution in [0, 0.1) is 0 Å². The zero-order chi connectivity index (χ0) is 18.6. The highest BCUT2D eigenvalue weighted by atomic mass is 16.5. The smallest absolute Gasteiger partial charge is 0.267 e. The highest BCUT2D eigenvalue weighted by Crippen LogP contribution is 2.24. The molecule has 0 aliphatic carbocycles. The number of hydroxylamine groups is 1. The van der Waals surface area contributed by atoms with Crippen molar-refractivity contribution in [1.29, 1.82) is 0 Å². The van der Waals surface area contributed by atoms with Gasteiger partial charge in [0.2, 0.25) is 0 Å². The number of rotatable bonds is 5. The first-order valence-electron chi connectivity index (χ1n) is 9.16. The van der Waals surface area contributed by atoms with E-state index in [-0.39, 0.29) is 0 Å². The second-order valence-corrected chi connectivity index (χ2v) is 6.81. The number of nitrogens with one attached hydrogen (secondary N) is 2.